The number of carboxylic acids is 1. The Morgan fingerprint density at radius 3 is 2.50 bits per heavy atom. The van der Waals surface area contributed by atoms with E-state index in [-0.39, 0.29) is 0 Å². The molecule has 5 heteroatoms. The van der Waals surface area contributed by atoms with Gasteiger partial charge in [-0.3, -0.25) is 0 Å². The highest BCUT2D eigenvalue weighted by atomic mass is 16.4. The number of hydrogen-bond acceptors (Lipinski definition) is 3. The zero-order valence-electron chi connectivity index (χ0n) is 10.3. The lowest BCUT2D eigenvalue weighted by molar-refractivity contribution is -0.141. The van der Waals surface area contributed by atoms with Crippen LogP contribution < -0.4 is 0 Å². The van der Waals surface area contributed by atoms with Crippen molar-refractivity contribution >= 4 is 5.97 Å². The average Bonchev–Trinajstić information content (AvgIpc) is 2.55. The summed E-state index contributed by atoms with van der Waals surface area (Å²) in [6.45, 7) is 7.78. The second-order valence-corrected chi connectivity index (χ2v) is 4.37. The highest BCUT2D eigenvalue weighted by Gasteiger charge is 2.25. The number of rotatable bonds is 5. The molecule has 16 heavy (non-hydrogen) atoms. The number of carboxylic acid groups (broad SMARTS) is 1. The van der Waals surface area contributed by atoms with Crippen molar-refractivity contribution in [1.29, 1.82) is 0 Å². The maximum Gasteiger partial charge on any atom is 0.326 e. The molecule has 0 aliphatic rings. The fraction of sp³-hybridized carbons (Fsp3) is 0.727. The molecule has 0 radical (unpaired) electrons. The second kappa shape index (κ2) is 5.09. The molecule has 0 aliphatic heterocycles. The molecule has 0 aromatic carbocycles. The minimum atomic E-state index is -0.814. The maximum absolute atomic E-state index is 11.3. The molecule has 1 aromatic heterocycles. The van der Waals surface area contributed by atoms with E-state index in [1.165, 1.54) is 0 Å². The van der Waals surface area contributed by atoms with Crippen molar-refractivity contribution in [2.75, 3.05) is 0 Å². The van der Waals surface area contributed by atoms with E-state index < -0.39 is 12.0 Å². The first kappa shape index (κ1) is 12.7. The van der Waals surface area contributed by atoms with Crippen LogP contribution in [0.1, 0.15) is 44.9 Å². The SMILES string of the molecule is CCc1nnc(C)n1C(CC(C)C)C(=O)O. The van der Waals surface area contributed by atoms with Crippen molar-refractivity contribution in [3.8, 4) is 0 Å². The fourth-order valence-electron chi connectivity index (χ4n) is 1.82. The van der Waals surface area contributed by atoms with Gasteiger partial charge in [-0.15, -0.1) is 10.2 Å². The van der Waals surface area contributed by atoms with Crippen LogP contribution in [0.5, 0.6) is 0 Å². The Morgan fingerprint density at radius 1 is 1.44 bits per heavy atom. The van der Waals surface area contributed by atoms with Crippen molar-refractivity contribution in [3.05, 3.63) is 11.6 Å². The maximum atomic E-state index is 11.3. The van der Waals surface area contributed by atoms with E-state index in [4.69, 9.17) is 0 Å². The molecule has 0 spiro atoms. The van der Waals surface area contributed by atoms with Crippen LogP contribution in [0.2, 0.25) is 0 Å². The predicted molar refractivity (Wildman–Crippen MR) is 60.3 cm³/mol. The summed E-state index contributed by atoms with van der Waals surface area (Å²) in [4.78, 5) is 11.3. The zero-order valence-corrected chi connectivity index (χ0v) is 10.3. The largest absolute Gasteiger partial charge is 0.480 e. The molecule has 90 valence electrons. The summed E-state index contributed by atoms with van der Waals surface area (Å²) in [5.41, 5.74) is 0. The van der Waals surface area contributed by atoms with Gasteiger partial charge < -0.3 is 9.67 Å². The Morgan fingerprint density at radius 2 is 2.06 bits per heavy atom. The lowest BCUT2D eigenvalue weighted by Gasteiger charge is -2.18. The molecule has 0 saturated heterocycles. The van der Waals surface area contributed by atoms with Crippen LogP contribution in [-0.4, -0.2) is 25.8 Å². The Balaban J connectivity index is 3.09. The first-order valence-corrected chi connectivity index (χ1v) is 5.60. The number of hydrogen-bond donors (Lipinski definition) is 1. The molecule has 0 bridgehead atoms. The summed E-state index contributed by atoms with van der Waals surface area (Å²) in [5.74, 6) is 0.925. The number of nitrogens with zero attached hydrogens (tertiary/aromatic N) is 3. The molecular weight excluding hydrogens is 206 g/mol. The van der Waals surface area contributed by atoms with Crippen molar-refractivity contribution in [3.63, 3.8) is 0 Å². The van der Waals surface area contributed by atoms with Gasteiger partial charge in [0.05, 0.1) is 0 Å². The number of carbonyl (C=O) groups is 1. The van der Waals surface area contributed by atoms with Crippen molar-refractivity contribution in [1.82, 2.24) is 14.8 Å². The highest BCUT2D eigenvalue weighted by molar-refractivity contribution is 5.72. The van der Waals surface area contributed by atoms with E-state index in [2.05, 4.69) is 10.2 Å². The molecule has 1 aromatic rings. The zero-order chi connectivity index (χ0) is 12.3. The average molecular weight is 225 g/mol. The summed E-state index contributed by atoms with van der Waals surface area (Å²) >= 11 is 0. The Bertz CT molecular complexity index is 371. The molecule has 0 amide bonds. The molecule has 1 heterocycles. The van der Waals surface area contributed by atoms with Crippen LogP contribution in [0.25, 0.3) is 0 Å². The lowest BCUT2D eigenvalue weighted by Crippen LogP contribution is -2.23. The smallest absolute Gasteiger partial charge is 0.326 e. The van der Waals surface area contributed by atoms with Crippen LogP contribution in [0.3, 0.4) is 0 Å². The fourth-order valence-corrected chi connectivity index (χ4v) is 1.82. The molecule has 1 N–H and O–H groups in total. The third-order valence-electron chi connectivity index (χ3n) is 2.54. The Hall–Kier alpha value is -1.39. The van der Waals surface area contributed by atoms with E-state index in [0.29, 0.717) is 24.6 Å². The monoisotopic (exact) mass is 225 g/mol. The molecule has 0 aliphatic carbocycles. The van der Waals surface area contributed by atoms with Crippen molar-refractivity contribution in [2.24, 2.45) is 5.92 Å². The van der Waals surface area contributed by atoms with Gasteiger partial charge in [0.15, 0.2) is 0 Å². The van der Waals surface area contributed by atoms with Gasteiger partial charge in [-0.25, -0.2) is 4.79 Å². The van der Waals surface area contributed by atoms with Crippen LogP contribution >= 0.6 is 0 Å². The van der Waals surface area contributed by atoms with Gasteiger partial charge in [0.1, 0.15) is 17.7 Å². The number of aliphatic carboxylic acids is 1. The molecule has 1 atom stereocenters. The van der Waals surface area contributed by atoms with Gasteiger partial charge in [-0.2, -0.15) is 0 Å². The van der Waals surface area contributed by atoms with Crippen LogP contribution in [0.4, 0.5) is 0 Å². The molecule has 1 rings (SSSR count). The van der Waals surface area contributed by atoms with Crippen LogP contribution in [0.15, 0.2) is 0 Å². The van der Waals surface area contributed by atoms with Gasteiger partial charge in [0.2, 0.25) is 0 Å². The molecule has 0 fully saturated rings. The van der Waals surface area contributed by atoms with Gasteiger partial charge >= 0.3 is 5.97 Å². The lowest BCUT2D eigenvalue weighted by atomic mass is 10.0. The van der Waals surface area contributed by atoms with E-state index in [1.807, 2.05) is 20.8 Å². The van der Waals surface area contributed by atoms with E-state index in [1.54, 1.807) is 11.5 Å². The third-order valence-corrected chi connectivity index (χ3v) is 2.54. The van der Waals surface area contributed by atoms with Gasteiger partial charge in [-0.05, 0) is 19.3 Å². The van der Waals surface area contributed by atoms with Crippen molar-refractivity contribution in [2.45, 2.75) is 46.6 Å². The second-order valence-electron chi connectivity index (χ2n) is 4.37. The summed E-state index contributed by atoms with van der Waals surface area (Å²) in [5, 5.41) is 17.2. The van der Waals surface area contributed by atoms with E-state index in [9.17, 15) is 9.90 Å². The standard InChI is InChI=1S/C11H19N3O2/c1-5-10-13-12-8(4)14(10)9(11(15)16)6-7(2)3/h7,9H,5-6H2,1-4H3,(H,15,16). The van der Waals surface area contributed by atoms with Gasteiger partial charge in [0, 0.05) is 6.42 Å². The molecule has 5 nitrogen and oxygen atoms in total. The normalized spacial score (nSPS) is 13.1. The van der Waals surface area contributed by atoms with Crippen LogP contribution in [-0.2, 0) is 11.2 Å². The molecular formula is C11H19N3O2. The van der Waals surface area contributed by atoms with E-state index in [0.717, 1.165) is 5.82 Å². The quantitative estimate of drug-likeness (QED) is 0.830. The predicted octanol–water partition coefficient (Wildman–Crippen LogP) is 1.82. The summed E-state index contributed by atoms with van der Waals surface area (Å²) in [6.07, 6.45) is 1.30. The van der Waals surface area contributed by atoms with Gasteiger partial charge in [0.25, 0.3) is 0 Å². The molecule has 0 saturated carbocycles. The highest BCUT2D eigenvalue weighted by Crippen LogP contribution is 2.21. The minimum absolute atomic E-state index is 0.326. The van der Waals surface area contributed by atoms with E-state index >= 15 is 0 Å². The van der Waals surface area contributed by atoms with Crippen LogP contribution in [0, 0.1) is 12.8 Å². The summed E-state index contributed by atoms with van der Waals surface area (Å²) in [7, 11) is 0. The third kappa shape index (κ3) is 2.59. The first-order valence-electron chi connectivity index (χ1n) is 5.60. The Labute approximate surface area is 95.5 Å². The minimum Gasteiger partial charge on any atom is -0.480 e. The first-order chi connectivity index (χ1) is 7.47. The summed E-state index contributed by atoms with van der Waals surface area (Å²) in [6, 6.07) is -0.551. The molecule has 1 unspecified atom stereocenters. The van der Waals surface area contributed by atoms with Crippen molar-refractivity contribution < 1.29 is 9.90 Å². The summed E-state index contributed by atoms with van der Waals surface area (Å²) < 4.78 is 1.74. The topological polar surface area (TPSA) is 68.0 Å². The Kier molecular flexibility index (Phi) is 4.04. The van der Waals surface area contributed by atoms with Gasteiger partial charge in [-0.1, -0.05) is 20.8 Å². The number of aryl methyl sites for hydroxylation is 2. The number of aromatic nitrogens is 3.